The zero-order valence-corrected chi connectivity index (χ0v) is 13.9. The molecule has 1 saturated heterocycles. The van der Waals surface area contributed by atoms with Crippen LogP contribution in [-0.2, 0) is 4.74 Å². The van der Waals surface area contributed by atoms with Gasteiger partial charge in [-0.15, -0.1) is 0 Å². The summed E-state index contributed by atoms with van der Waals surface area (Å²) in [6.07, 6.45) is 2.26. The van der Waals surface area contributed by atoms with E-state index in [0.717, 1.165) is 37.2 Å². The molecule has 3 N–H and O–H groups in total. The van der Waals surface area contributed by atoms with Gasteiger partial charge in [0.15, 0.2) is 5.69 Å². The SMILES string of the molecule is O=C(Nc1ccc(C2CNCCO2)cc1)c1n[nH]c(C2CC2)c1Cl. The predicted octanol–water partition coefficient (Wildman–Crippen LogP) is 2.85. The van der Waals surface area contributed by atoms with E-state index in [1.165, 1.54) is 0 Å². The molecule has 4 rings (SSSR count). The Bertz CT molecular complexity index is 734. The summed E-state index contributed by atoms with van der Waals surface area (Å²) in [4.78, 5) is 12.4. The standard InChI is InChI=1S/C17H19ClN4O2/c18-14-15(11-1-2-11)21-22-16(14)17(23)20-12-5-3-10(4-6-12)13-9-19-7-8-24-13/h3-6,11,13,19H,1-2,7-9H2,(H,20,23)(H,21,22). The highest BCUT2D eigenvalue weighted by Crippen LogP contribution is 2.42. The Morgan fingerprint density at radius 3 is 2.75 bits per heavy atom. The number of rotatable bonds is 4. The quantitative estimate of drug-likeness (QED) is 0.795. The molecule has 1 aliphatic heterocycles. The van der Waals surface area contributed by atoms with Crippen LogP contribution in [0.4, 0.5) is 5.69 Å². The Hall–Kier alpha value is -1.89. The van der Waals surface area contributed by atoms with Crippen LogP contribution in [0.25, 0.3) is 0 Å². The second-order valence-electron chi connectivity index (χ2n) is 6.21. The number of aromatic nitrogens is 2. The number of nitrogens with one attached hydrogen (secondary N) is 3. The second kappa shape index (κ2) is 6.55. The largest absolute Gasteiger partial charge is 0.371 e. The van der Waals surface area contributed by atoms with Crippen molar-refractivity contribution in [1.82, 2.24) is 15.5 Å². The fourth-order valence-corrected chi connectivity index (χ4v) is 3.21. The topological polar surface area (TPSA) is 79.0 Å². The van der Waals surface area contributed by atoms with Crippen molar-refractivity contribution in [2.24, 2.45) is 0 Å². The first-order chi connectivity index (χ1) is 11.7. The summed E-state index contributed by atoms with van der Waals surface area (Å²) in [5, 5.41) is 13.5. The van der Waals surface area contributed by atoms with Gasteiger partial charge < -0.3 is 15.4 Å². The van der Waals surface area contributed by atoms with Crippen molar-refractivity contribution < 1.29 is 9.53 Å². The van der Waals surface area contributed by atoms with Crippen LogP contribution in [0.3, 0.4) is 0 Å². The van der Waals surface area contributed by atoms with Crippen molar-refractivity contribution in [1.29, 1.82) is 0 Å². The molecule has 0 radical (unpaired) electrons. The lowest BCUT2D eigenvalue weighted by atomic mass is 10.1. The molecule has 1 aromatic carbocycles. The number of anilines is 1. The lowest BCUT2D eigenvalue weighted by Crippen LogP contribution is -2.33. The number of benzene rings is 1. The molecular weight excluding hydrogens is 328 g/mol. The number of amides is 1. The Balaban J connectivity index is 1.43. The van der Waals surface area contributed by atoms with Crippen molar-refractivity contribution in [2.75, 3.05) is 25.0 Å². The summed E-state index contributed by atoms with van der Waals surface area (Å²) in [6, 6.07) is 7.67. The number of halogens is 1. The normalized spacial score (nSPS) is 20.8. The average Bonchev–Trinajstić information content (AvgIpc) is 3.38. The van der Waals surface area contributed by atoms with Gasteiger partial charge in [0.25, 0.3) is 5.91 Å². The van der Waals surface area contributed by atoms with Crippen LogP contribution in [0.2, 0.25) is 5.02 Å². The van der Waals surface area contributed by atoms with E-state index in [4.69, 9.17) is 16.3 Å². The fourth-order valence-electron chi connectivity index (χ4n) is 2.89. The molecule has 126 valence electrons. The van der Waals surface area contributed by atoms with Crippen LogP contribution < -0.4 is 10.6 Å². The fraction of sp³-hybridized carbons (Fsp3) is 0.412. The lowest BCUT2D eigenvalue weighted by Gasteiger charge is -2.24. The van der Waals surface area contributed by atoms with E-state index in [2.05, 4.69) is 20.8 Å². The van der Waals surface area contributed by atoms with E-state index in [1.54, 1.807) is 0 Å². The molecule has 1 atom stereocenters. The molecule has 7 heteroatoms. The Morgan fingerprint density at radius 1 is 1.29 bits per heavy atom. The minimum absolute atomic E-state index is 0.0605. The number of H-pyrrole nitrogens is 1. The Kier molecular flexibility index (Phi) is 4.26. The third kappa shape index (κ3) is 3.17. The van der Waals surface area contributed by atoms with Crippen LogP contribution in [0.1, 0.15) is 46.6 Å². The van der Waals surface area contributed by atoms with Gasteiger partial charge in [-0.25, -0.2) is 0 Å². The van der Waals surface area contributed by atoms with Gasteiger partial charge in [-0.05, 0) is 30.5 Å². The van der Waals surface area contributed by atoms with Gasteiger partial charge in [0.2, 0.25) is 0 Å². The smallest absolute Gasteiger partial charge is 0.277 e. The maximum atomic E-state index is 12.4. The third-order valence-corrected chi connectivity index (χ3v) is 4.78. The van der Waals surface area contributed by atoms with E-state index in [1.807, 2.05) is 24.3 Å². The molecule has 0 bridgehead atoms. The van der Waals surface area contributed by atoms with Crippen LogP contribution in [0.15, 0.2) is 24.3 Å². The van der Waals surface area contributed by atoms with Crippen molar-refractivity contribution in [3.63, 3.8) is 0 Å². The number of carbonyl (C=O) groups is 1. The van der Waals surface area contributed by atoms with Crippen LogP contribution in [-0.4, -0.2) is 35.8 Å². The first-order valence-corrected chi connectivity index (χ1v) is 8.57. The van der Waals surface area contributed by atoms with Crippen LogP contribution in [0, 0.1) is 0 Å². The van der Waals surface area contributed by atoms with Gasteiger partial charge >= 0.3 is 0 Å². The van der Waals surface area contributed by atoms with E-state index < -0.39 is 0 Å². The maximum absolute atomic E-state index is 12.4. The van der Waals surface area contributed by atoms with Crippen molar-refractivity contribution >= 4 is 23.2 Å². The highest BCUT2D eigenvalue weighted by Gasteiger charge is 2.30. The zero-order chi connectivity index (χ0) is 16.5. The molecule has 0 spiro atoms. The molecule has 2 aliphatic rings. The van der Waals surface area contributed by atoms with Gasteiger partial charge in [-0.3, -0.25) is 9.89 Å². The summed E-state index contributed by atoms with van der Waals surface area (Å²) >= 11 is 6.27. The Morgan fingerprint density at radius 2 is 2.08 bits per heavy atom. The summed E-state index contributed by atoms with van der Waals surface area (Å²) in [7, 11) is 0. The molecule has 24 heavy (non-hydrogen) atoms. The van der Waals surface area contributed by atoms with Crippen molar-refractivity contribution in [3.8, 4) is 0 Å². The van der Waals surface area contributed by atoms with E-state index >= 15 is 0 Å². The number of aromatic amines is 1. The zero-order valence-electron chi connectivity index (χ0n) is 13.1. The average molecular weight is 347 g/mol. The molecule has 1 aromatic heterocycles. The lowest BCUT2D eigenvalue weighted by molar-refractivity contribution is 0.0277. The molecule has 1 aliphatic carbocycles. The number of ether oxygens (including phenoxy) is 1. The van der Waals surface area contributed by atoms with Gasteiger partial charge in [-0.2, -0.15) is 5.10 Å². The minimum Gasteiger partial charge on any atom is -0.371 e. The molecular formula is C17H19ClN4O2. The monoisotopic (exact) mass is 346 g/mol. The second-order valence-corrected chi connectivity index (χ2v) is 6.59. The number of hydrogen-bond acceptors (Lipinski definition) is 4. The van der Waals surface area contributed by atoms with Crippen LogP contribution >= 0.6 is 11.6 Å². The first kappa shape index (κ1) is 15.6. The molecule has 1 unspecified atom stereocenters. The highest BCUT2D eigenvalue weighted by atomic mass is 35.5. The number of hydrogen-bond donors (Lipinski definition) is 3. The molecule has 1 amide bonds. The predicted molar refractivity (Wildman–Crippen MR) is 91.5 cm³/mol. The number of carbonyl (C=O) groups excluding carboxylic acids is 1. The number of nitrogens with zero attached hydrogens (tertiary/aromatic N) is 1. The van der Waals surface area contributed by atoms with E-state index in [9.17, 15) is 4.79 Å². The molecule has 1 saturated carbocycles. The van der Waals surface area contributed by atoms with Gasteiger partial charge in [0, 0.05) is 24.7 Å². The summed E-state index contributed by atoms with van der Waals surface area (Å²) < 4.78 is 5.72. The van der Waals surface area contributed by atoms with Crippen molar-refractivity contribution in [2.45, 2.75) is 24.9 Å². The van der Waals surface area contributed by atoms with Crippen LogP contribution in [0.5, 0.6) is 0 Å². The van der Waals surface area contributed by atoms with Crippen molar-refractivity contribution in [3.05, 3.63) is 46.2 Å². The van der Waals surface area contributed by atoms with E-state index in [-0.39, 0.29) is 17.7 Å². The minimum atomic E-state index is -0.300. The molecule has 6 nitrogen and oxygen atoms in total. The van der Waals surface area contributed by atoms with Gasteiger partial charge in [0.05, 0.1) is 23.4 Å². The number of morpholine rings is 1. The van der Waals surface area contributed by atoms with E-state index in [0.29, 0.717) is 23.2 Å². The summed E-state index contributed by atoms with van der Waals surface area (Å²) in [6.45, 7) is 2.40. The molecule has 2 heterocycles. The first-order valence-electron chi connectivity index (χ1n) is 8.20. The Labute approximate surface area is 144 Å². The van der Waals surface area contributed by atoms with Gasteiger partial charge in [-0.1, -0.05) is 23.7 Å². The molecule has 2 aromatic rings. The third-order valence-electron chi connectivity index (χ3n) is 4.40. The molecule has 2 fully saturated rings. The maximum Gasteiger partial charge on any atom is 0.277 e. The highest BCUT2D eigenvalue weighted by molar-refractivity contribution is 6.34. The summed E-state index contributed by atoms with van der Waals surface area (Å²) in [5.41, 5.74) is 2.93. The summed E-state index contributed by atoms with van der Waals surface area (Å²) in [5.74, 6) is 0.126. The van der Waals surface area contributed by atoms with Gasteiger partial charge in [0.1, 0.15) is 0 Å².